The number of hydrogen-bond donors (Lipinski definition) is 1. The SMILES string of the molecule is O=CNc1ccc(-n2ccnc2)c(F)c1. The summed E-state index contributed by atoms with van der Waals surface area (Å²) < 4.78 is 15.1. The summed E-state index contributed by atoms with van der Waals surface area (Å²) in [5, 5.41) is 2.38. The van der Waals surface area contributed by atoms with Crippen LogP contribution in [0.5, 0.6) is 0 Å². The van der Waals surface area contributed by atoms with Crippen LogP contribution in [0.15, 0.2) is 36.9 Å². The van der Waals surface area contributed by atoms with Crippen molar-refractivity contribution in [2.75, 3.05) is 5.32 Å². The van der Waals surface area contributed by atoms with E-state index in [4.69, 9.17) is 0 Å². The monoisotopic (exact) mass is 205 g/mol. The third kappa shape index (κ3) is 1.85. The number of benzene rings is 1. The van der Waals surface area contributed by atoms with Crippen molar-refractivity contribution in [3.8, 4) is 5.69 Å². The second-order valence-corrected chi connectivity index (χ2v) is 2.90. The molecule has 1 heterocycles. The lowest BCUT2D eigenvalue weighted by molar-refractivity contribution is -0.105. The minimum absolute atomic E-state index is 0.393. The van der Waals surface area contributed by atoms with Gasteiger partial charge in [0.2, 0.25) is 6.41 Å². The molecule has 1 aromatic carbocycles. The highest BCUT2D eigenvalue weighted by atomic mass is 19.1. The van der Waals surface area contributed by atoms with Gasteiger partial charge < -0.3 is 9.88 Å². The van der Waals surface area contributed by atoms with Gasteiger partial charge in [-0.2, -0.15) is 0 Å². The number of hydrogen-bond acceptors (Lipinski definition) is 2. The molecule has 0 bridgehead atoms. The second-order valence-electron chi connectivity index (χ2n) is 2.90. The molecule has 5 heteroatoms. The van der Waals surface area contributed by atoms with Crippen LogP contribution in [-0.2, 0) is 4.79 Å². The van der Waals surface area contributed by atoms with E-state index in [1.807, 2.05) is 0 Å². The van der Waals surface area contributed by atoms with E-state index in [-0.39, 0.29) is 0 Å². The Morgan fingerprint density at radius 2 is 2.33 bits per heavy atom. The summed E-state index contributed by atoms with van der Waals surface area (Å²) in [6, 6.07) is 4.44. The first-order chi connectivity index (χ1) is 7.31. The van der Waals surface area contributed by atoms with E-state index in [0.29, 0.717) is 17.8 Å². The van der Waals surface area contributed by atoms with Crippen molar-refractivity contribution in [1.29, 1.82) is 0 Å². The summed E-state index contributed by atoms with van der Waals surface area (Å²) in [7, 11) is 0. The Morgan fingerprint density at radius 3 is 2.93 bits per heavy atom. The number of aromatic nitrogens is 2. The predicted molar refractivity (Wildman–Crippen MR) is 53.2 cm³/mol. The van der Waals surface area contributed by atoms with E-state index in [0.717, 1.165) is 0 Å². The summed E-state index contributed by atoms with van der Waals surface area (Å²) in [5.41, 5.74) is 0.815. The number of amides is 1. The number of rotatable bonds is 3. The Labute approximate surface area is 85.4 Å². The van der Waals surface area contributed by atoms with Crippen LogP contribution in [0.2, 0.25) is 0 Å². The maximum atomic E-state index is 13.5. The molecular weight excluding hydrogens is 197 g/mol. The summed E-state index contributed by atoms with van der Waals surface area (Å²) in [4.78, 5) is 14.0. The van der Waals surface area contributed by atoms with Gasteiger partial charge in [0.1, 0.15) is 5.82 Å². The third-order valence-corrected chi connectivity index (χ3v) is 1.96. The molecule has 0 aliphatic rings. The normalized spacial score (nSPS) is 9.93. The number of carbonyl (C=O) groups excluding carboxylic acids is 1. The first-order valence-electron chi connectivity index (χ1n) is 4.29. The lowest BCUT2D eigenvalue weighted by Gasteiger charge is -2.05. The fourth-order valence-electron chi connectivity index (χ4n) is 1.28. The highest BCUT2D eigenvalue weighted by molar-refractivity contribution is 5.71. The molecule has 0 fully saturated rings. The van der Waals surface area contributed by atoms with Crippen molar-refractivity contribution >= 4 is 12.1 Å². The number of halogens is 1. The van der Waals surface area contributed by atoms with Gasteiger partial charge in [0.25, 0.3) is 0 Å². The number of nitrogens with one attached hydrogen (secondary N) is 1. The summed E-state index contributed by atoms with van der Waals surface area (Å²) in [5.74, 6) is -0.417. The molecule has 2 rings (SSSR count). The Bertz CT molecular complexity index is 468. The van der Waals surface area contributed by atoms with Crippen molar-refractivity contribution in [2.24, 2.45) is 0 Å². The van der Waals surface area contributed by atoms with E-state index in [9.17, 15) is 9.18 Å². The van der Waals surface area contributed by atoms with Gasteiger partial charge >= 0.3 is 0 Å². The van der Waals surface area contributed by atoms with E-state index < -0.39 is 5.82 Å². The van der Waals surface area contributed by atoms with Crippen LogP contribution >= 0.6 is 0 Å². The first-order valence-corrected chi connectivity index (χ1v) is 4.29. The van der Waals surface area contributed by atoms with Crippen LogP contribution < -0.4 is 5.32 Å². The third-order valence-electron chi connectivity index (χ3n) is 1.96. The lowest BCUT2D eigenvalue weighted by Crippen LogP contribution is -1.98. The molecule has 0 atom stereocenters. The number of carbonyl (C=O) groups is 1. The van der Waals surface area contributed by atoms with Crippen LogP contribution in [0.3, 0.4) is 0 Å². The van der Waals surface area contributed by atoms with Gasteiger partial charge in [-0.25, -0.2) is 9.37 Å². The highest BCUT2D eigenvalue weighted by Crippen LogP contribution is 2.17. The van der Waals surface area contributed by atoms with Gasteiger partial charge in [-0.05, 0) is 18.2 Å². The van der Waals surface area contributed by atoms with Gasteiger partial charge in [-0.15, -0.1) is 0 Å². The highest BCUT2D eigenvalue weighted by Gasteiger charge is 2.04. The van der Waals surface area contributed by atoms with Crippen molar-refractivity contribution < 1.29 is 9.18 Å². The molecule has 0 aliphatic carbocycles. The number of imidazole rings is 1. The van der Waals surface area contributed by atoms with Gasteiger partial charge in [0.15, 0.2) is 0 Å². The Hall–Kier alpha value is -2.17. The zero-order valence-corrected chi connectivity index (χ0v) is 7.72. The molecule has 4 nitrogen and oxygen atoms in total. The fourth-order valence-corrected chi connectivity index (χ4v) is 1.28. The molecule has 0 aliphatic heterocycles. The first kappa shape index (κ1) is 9.39. The van der Waals surface area contributed by atoms with Gasteiger partial charge in [0.05, 0.1) is 12.0 Å². The standard InChI is InChI=1S/C10H8FN3O/c11-9-5-8(13-7-15)1-2-10(9)14-4-3-12-6-14/h1-7H,(H,13,15). The van der Waals surface area contributed by atoms with Crippen molar-refractivity contribution in [1.82, 2.24) is 9.55 Å². The molecule has 1 amide bonds. The molecule has 0 unspecified atom stereocenters. The Kier molecular flexibility index (Phi) is 2.45. The molecule has 0 saturated heterocycles. The maximum Gasteiger partial charge on any atom is 0.211 e. The molecule has 0 spiro atoms. The minimum atomic E-state index is -0.417. The van der Waals surface area contributed by atoms with E-state index in [1.54, 1.807) is 29.1 Å². The van der Waals surface area contributed by atoms with Crippen LogP contribution in [0, 0.1) is 5.82 Å². The van der Waals surface area contributed by atoms with E-state index in [1.165, 1.54) is 12.4 Å². The molecule has 1 aromatic heterocycles. The largest absolute Gasteiger partial charge is 0.329 e. The van der Waals surface area contributed by atoms with Crippen molar-refractivity contribution in [2.45, 2.75) is 0 Å². The average molecular weight is 205 g/mol. The predicted octanol–water partition coefficient (Wildman–Crippen LogP) is 1.58. The number of nitrogens with zero attached hydrogens (tertiary/aromatic N) is 2. The van der Waals surface area contributed by atoms with E-state index in [2.05, 4.69) is 10.3 Å². The van der Waals surface area contributed by atoms with Crippen LogP contribution in [0.4, 0.5) is 10.1 Å². The zero-order chi connectivity index (χ0) is 10.7. The molecule has 0 saturated carbocycles. The Morgan fingerprint density at radius 1 is 1.47 bits per heavy atom. The average Bonchev–Trinajstić information content (AvgIpc) is 2.71. The number of anilines is 1. The molecule has 0 radical (unpaired) electrons. The van der Waals surface area contributed by atoms with Crippen LogP contribution in [-0.4, -0.2) is 16.0 Å². The zero-order valence-electron chi connectivity index (χ0n) is 7.72. The summed E-state index contributed by atoms with van der Waals surface area (Å²) in [6.07, 6.45) is 5.22. The molecule has 15 heavy (non-hydrogen) atoms. The van der Waals surface area contributed by atoms with Gasteiger partial charge in [-0.3, -0.25) is 4.79 Å². The maximum absolute atomic E-state index is 13.5. The van der Waals surface area contributed by atoms with Gasteiger partial charge in [0, 0.05) is 18.1 Å². The van der Waals surface area contributed by atoms with Crippen molar-refractivity contribution in [3.05, 3.63) is 42.7 Å². The summed E-state index contributed by atoms with van der Waals surface area (Å²) >= 11 is 0. The minimum Gasteiger partial charge on any atom is -0.329 e. The second kappa shape index (κ2) is 3.91. The quantitative estimate of drug-likeness (QED) is 0.773. The smallest absolute Gasteiger partial charge is 0.211 e. The topological polar surface area (TPSA) is 46.9 Å². The van der Waals surface area contributed by atoms with Gasteiger partial charge in [-0.1, -0.05) is 0 Å². The fraction of sp³-hybridized carbons (Fsp3) is 0. The van der Waals surface area contributed by atoms with Crippen LogP contribution in [0.25, 0.3) is 5.69 Å². The van der Waals surface area contributed by atoms with Crippen LogP contribution in [0.1, 0.15) is 0 Å². The molecule has 1 N–H and O–H groups in total. The molecule has 2 aromatic rings. The Balaban J connectivity index is 2.39. The van der Waals surface area contributed by atoms with Crippen molar-refractivity contribution in [3.63, 3.8) is 0 Å². The molecular formula is C10H8FN3O. The lowest BCUT2D eigenvalue weighted by atomic mass is 10.2. The summed E-state index contributed by atoms with van der Waals surface area (Å²) in [6.45, 7) is 0. The molecule has 76 valence electrons. The van der Waals surface area contributed by atoms with E-state index >= 15 is 0 Å².